The number of benzene rings is 1. The highest BCUT2D eigenvalue weighted by molar-refractivity contribution is 7.90. The Hall–Kier alpha value is -4.13. The van der Waals surface area contributed by atoms with E-state index in [4.69, 9.17) is 5.73 Å². The zero-order valence-electron chi connectivity index (χ0n) is 18.1. The van der Waals surface area contributed by atoms with Crippen molar-refractivity contribution in [3.8, 4) is 0 Å². The molecule has 4 aromatic rings. The highest BCUT2D eigenvalue weighted by Crippen LogP contribution is 2.29. The van der Waals surface area contributed by atoms with Crippen LogP contribution in [-0.4, -0.2) is 40.5 Å². The minimum atomic E-state index is -4.78. The molecular weight excluding hydrogens is 485 g/mol. The Morgan fingerprint density at radius 2 is 1.69 bits per heavy atom. The number of amides is 1. The Kier molecular flexibility index (Phi) is 6.11. The van der Waals surface area contributed by atoms with Gasteiger partial charge in [0.05, 0.1) is 33.7 Å². The number of sulfone groups is 1. The molecule has 0 unspecified atom stereocenters. The molecule has 2 N–H and O–H groups in total. The molecule has 35 heavy (non-hydrogen) atoms. The van der Waals surface area contributed by atoms with Crippen molar-refractivity contribution in [1.82, 2.24) is 19.9 Å². The van der Waals surface area contributed by atoms with E-state index < -0.39 is 27.7 Å². The van der Waals surface area contributed by atoms with Crippen molar-refractivity contribution >= 4 is 38.3 Å². The molecule has 0 spiro atoms. The van der Waals surface area contributed by atoms with Crippen LogP contribution in [0.3, 0.4) is 0 Å². The number of alkyl halides is 3. The first-order valence-corrected chi connectivity index (χ1v) is 11.8. The van der Waals surface area contributed by atoms with Gasteiger partial charge in [0.25, 0.3) is 5.91 Å². The van der Waals surface area contributed by atoms with Crippen molar-refractivity contribution in [2.75, 3.05) is 16.9 Å². The van der Waals surface area contributed by atoms with Gasteiger partial charge in [0, 0.05) is 24.8 Å². The number of anilines is 2. The average molecular weight is 502 g/mol. The maximum absolute atomic E-state index is 13.4. The molecule has 0 fully saturated rings. The zero-order valence-corrected chi connectivity index (χ0v) is 18.9. The summed E-state index contributed by atoms with van der Waals surface area (Å²) >= 11 is 0. The van der Waals surface area contributed by atoms with Gasteiger partial charge in [-0.3, -0.25) is 9.78 Å². The fraction of sp³-hybridized carbons (Fsp3) is 0.136. The van der Waals surface area contributed by atoms with Crippen LogP contribution in [0.1, 0.15) is 21.7 Å². The number of pyridine rings is 2. The molecule has 0 bridgehead atoms. The molecule has 0 saturated carbocycles. The van der Waals surface area contributed by atoms with E-state index in [2.05, 4.69) is 19.9 Å². The Morgan fingerprint density at radius 1 is 1.00 bits per heavy atom. The van der Waals surface area contributed by atoms with Crippen molar-refractivity contribution in [2.24, 2.45) is 0 Å². The van der Waals surface area contributed by atoms with Crippen LogP contribution in [0.15, 0.2) is 66.0 Å². The van der Waals surface area contributed by atoms with Gasteiger partial charge in [0.1, 0.15) is 5.82 Å². The highest BCUT2D eigenvalue weighted by atomic mass is 32.2. The minimum absolute atomic E-state index is 0.0283. The maximum atomic E-state index is 13.4. The predicted molar refractivity (Wildman–Crippen MR) is 121 cm³/mol. The van der Waals surface area contributed by atoms with Gasteiger partial charge in [-0.1, -0.05) is 12.1 Å². The number of rotatable bonds is 5. The topological polar surface area (TPSA) is 132 Å². The van der Waals surface area contributed by atoms with Crippen molar-refractivity contribution < 1.29 is 26.4 Å². The van der Waals surface area contributed by atoms with Crippen molar-refractivity contribution in [3.05, 3.63) is 78.0 Å². The predicted octanol–water partition coefficient (Wildman–Crippen LogP) is 3.27. The van der Waals surface area contributed by atoms with Crippen molar-refractivity contribution in [3.63, 3.8) is 0 Å². The van der Waals surface area contributed by atoms with Crippen LogP contribution in [0.4, 0.5) is 24.7 Å². The summed E-state index contributed by atoms with van der Waals surface area (Å²) < 4.78 is 63.4. The van der Waals surface area contributed by atoms with Crippen LogP contribution in [0.5, 0.6) is 0 Å². The van der Waals surface area contributed by atoms with Crippen LogP contribution in [-0.2, 0) is 22.6 Å². The van der Waals surface area contributed by atoms with E-state index in [1.54, 1.807) is 18.2 Å². The summed E-state index contributed by atoms with van der Waals surface area (Å²) in [5.74, 6) is -1.95. The lowest BCUT2D eigenvalue weighted by atomic mass is 10.1. The number of para-hydroxylation sites is 1. The van der Waals surface area contributed by atoms with Gasteiger partial charge in [-0.05, 0) is 35.9 Å². The van der Waals surface area contributed by atoms with Gasteiger partial charge < -0.3 is 10.6 Å². The van der Waals surface area contributed by atoms with Gasteiger partial charge in [-0.2, -0.15) is 13.2 Å². The molecule has 3 aromatic heterocycles. The molecule has 0 aliphatic heterocycles. The number of hydrogen-bond acceptors (Lipinski definition) is 8. The summed E-state index contributed by atoms with van der Waals surface area (Å²) in [6.07, 6.45) is -0.827. The SMILES string of the molecule is CS(=O)(=O)c1ccccc1N(Cc1cnc2ccc(N)nc2c1)C(=O)c1cnc(C(F)(F)F)nc1. The summed E-state index contributed by atoms with van der Waals surface area (Å²) in [6, 6.07) is 10.7. The second-order valence-corrected chi connectivity index (χ2v) is 9.53. The first-order valence-electron chi connectivity index (χ1n) is 9.95. The molecule has 4 rings (SSSR count). The number of carbonyl (C=O) groups excluding carboxylic acids is 1. The fourth-order valence-electron chi connectivity index (χ4n) is 3.33. The van der Waals surface area contributed by atoms with E-state index in [0.717, 1.165) is 23.5 Å². The van der Waals surface area contributed by atoms with Gasteiger partial charge in [-0.25, -0.2) is 23.4 Å². The van der Waals surface area contributed by atoms with Crippen LogP contribution in [0.25, 0.3) is 11.0 Å². The van der Waals surface area contributed by atoms with Crippen LogP contribution < -0.4 is 10.6 Å². The van der Waals surface area contributed by atoms with Crippen LogP contribution in [0, 0.1) is 0 Å². The van der Waals surface area contributed by atoms with E-state index >= 15 is 0 Å². The lowest BCUT2D eigenvalue weighted by Gasteiger charge is -2.25. The number of hydrogen-bond donors (Lipinski definition) is 1. The monoisotopic (exact) mass is 502 g/mol. The third-order valence-corrected chi connectivity index (χ3v) is 6.05. The summed E-state index contributed by atoms with van der Waals surface area (Å²) in [5.41, 5.74) is 6.97. The molecule has 1 aromatic carbocycles. The number of fused-ring (bicyclic) bond motifs is 1. The molecule has 0 aliphatic rings. The molecule has 0 atom stereocenters. The molecule has 9 nitrogen and oxygen atoms in total. The first-order chi connectivity index (χ1) is 16.4. The van der Waals surface area contributed by atoms with Crippen LogP contribution >= 0.6 is 0 Å². The highest BCUT2D eigenvalue weighted by Gasteiger charge is 2.35. The van der Waals surface area contributed by atoms with E-state index in [1.165, 1.54) is 30.5 Å². The van der Waals surface area contributed by atoms with Gasteiger partial charge in [0.15, 0.2) is 9.84 Å². The molecule has 180 valence electrons. The molecule has 3 heterocycles. The number of halogens is 3. The second-order valence-electron chi connectivity index (χ2n) is 7.54. The Labute approximate surface area is 197 Å². The maximum Gasteiger partial charge on any atom is 0.451 e. The number of aromatic nitrogens is 4. The van der Waals surface area contributed by atoms with E-state index in [-0.39, 0.29) is 28.5 Å². The quantitative estimate of drug-likeness (QED) is 0.440. The van der Waals surface area contributed by atoms with Gasteiger partial charge in [-0.15, -0.1) is 0 Å². The van der Waals surface area contributed by atoms with E-state index in [9.17, 15) is 26.4 Å². The zero-order chi connectivity index (χ0) is 25.4. The van der Waals surface area contributed by atoms with Gasteiger partial charge in [0.2, 0.25) is 5.82 Å². The minimum Gasteiger partial charge on any atom is -0.384 e. The smallest absolute Gasteiger partial charge is 0.384 e. The third-order valence-electron chi connectivity index (χ3n) is 4.91. The first kappa shape index (κ1) is 24.0. The Bertz CT molecular complexity index is 1530. The fourth-order valence-corrected chi connectivity index (χ4v) is 4.22. The Balaban J connectivity index is 1.81. The largest absolute Gasteiger partial charge is 0.451 e. The van der Waals surface area contributed by atoms with E-state index in [0.29, 0.717) is 16.6 Å². The summed E-state index contributed by atoms with van der Waals surface area (Å²) in [5, 5.41) is 0. The third kappa shape index (κ3) is 5.19. The van der Waals surface area contributed by atoms with Crippen LogP contribution in [0.2, 0.25) is 0 Å². The van der Waals surface area contributed by atoms with Crippen molar-refractivity contribution in [1.29, 1.82) is 0 Å². The summed E-state index contributed by atoms with van der Waals surface area (Å²) in [4.78, 5) is 29.3. The number of carbonyl (C=O) groups is 1. The van der Waals surface area contributed by atoms with E-state index in [1.807, 2.05) is 0 Å². The van der Waals surface area contributed by atoms with Crippen molar-refractivity contribution in [2.45, 2.75) is 17.6 Å². The molecule has 13 heteroatoms. The second kappa shape index (κ2) is 8.91. The number of nitrogens with zero attached hydrogens (tertiary/aromatic N) is 5. The molecule has 0 radical (unpaired) electrons. The molecular formula is C22H17F3N6O3S. The standard InChI is InChI=1S/C22H17F3N6O3S/c1-35(33,34)18-5-3-2-4-17(18)31(20(32)14-10-28-21(29-11-14)22(23,24)25)12-13-8-16-15(27-9-13)6-7-19(26)30-16/h2-11H,12H2,1H3,(H2,26,30). The summed E-state index contributed by atoms with van der Waals surface area (Å²) in [7, 11) is -3.77. The average Bonchev–Trinajstić information content (AvgIpc) is 2.81. The Morgan fingerprint density at radius 3 is 2.34 bits per heavy atom. The lowest BCUT2D eigenvalue weighted by molar-refractivity contribution is -0.145. The molecule has 0 aliphatic carbocycles. The molecule has 0 saturated heterocycles. The normalized spacial score (nSPS) is 12.0. The molecule has 1 amide bonds. The lowest BCUT2D eigenvalue weighted by Crippen LogP contribution is -2.32. The summed E-state index contributed by atoms with van der Waals surface area (Å²) in [6.45, 7) is -0.175. The number of nitrogens with two attached hydrogens (primary N) is 1. The van der Waals surface area contributed by atoms with Gasteiger partial charge >= 0.3 is 6.18 Å². The number of nitrogen functional groups attached to an aromatic ring is 1.